The molecule has 1 fully saturated rings. The molecule has 0 aromatic heterocycles. The van der Waals surface area contributed by atoms with Gasteiger partial charge >= 0.3 is 11.9 Å². The summed E-state index contributed by atoms with van der Waals surface area (Å²) in [6.07, 6.45) is 25.5. The Hall–Kier alpha value is -1.30. The maximum atomic E-state index is 12.7. The van der Waals surface area contributed by atoms with Crippen molar-refractivity contribution in [1.29, 1.82) is 0 Å². The average Bonchev–Trinajstić information content (AvgIpc) is 3.14. The first-order chi connectivity index (χ1) is 25.3. The van der Waals surface area contributed by atoms with Gasteiger partial charge in [0.1, 0.15) is 31.0 Å². The zero-order valence-corrected chi connectivity index (χ0v) is 33.3. The third kappa shape index (κ3) is 25.7. The van der Waals surface area contributed by atoms with Crippen LogP contribution in [-0.2, 0) is 28.5 Å². The summed E-state index contributed by atoms with van der Waals surface area (Å²) in [6.45, 7) is 3.42. The summed E-state index contributed by atoms with van der Waals surface area (Å²) in [5.74, 6) is -0.797. The highest BCUT2D eigenvalue weighted by atomic mass is 16.7. The molecule has 0 aromatic carbocycles. The van der Waals surface area contributed by atoms with Crippen LogP contribution in [-0.4, -0.2) is 89.0 Å². The van der Waals surface area contributed by atoms with Gasteiger partial charge in [-0.1, -0.05) is 174 Å². The molecule has 6 atom stereocenters. The molecular weight excluding hydrogens is 664 g/mol. The summed E-state index contributed by atoms with van der Waals surface area (Å²) in [6, 6.07) is 0. The monoisotopic (exact) mass is 745 g/mol. The quantitative estimate of drug-likeness (QED) is 0.0363. The molecule has 0 amide bonds. The largest absolute Gasteiger partial charge is 0.462 e. The van der Waals surface area contributed by atoms with Crippen molar-refractivity contribution in [3.8, 4) is 0 Å². The van der Waals surface area contributed by atoms with E-state index in [9.17, 15) is 30.0 Å². The van der Waals surface area contributed by atoms with Crippen LogP contribution in [0, 0.1) is 0 Å². The van der Waals surface area contributed by atoms with E-state index in [1.165, 1.54) is 128 Å². The van der Waals surface area contributed by atoms with Gasteiger partial charge in [0.15, 0.2) is 12.4 Å². The fourth-order valence-corrected chi connectivity index (χ4v) is 6.78. The number of aliphatic hydroxyl groups is 4. The van der Waals surface area contributed by atoms with Gasteiger partial charge in [0, 0.05) is 12.8 Å². The van der Waals surface area contributed by atoms with Gasteiger partial charge in [-0.3, -0.25) is 9.59 Å². The molecule has 0 aliphatic carbocycles. The Morgan fingerprint density at radius 1 is 0.519 bits per heavy atom. The molecule has 308 valence electrons. The van der Waals surface area contributed by atoms with E-state index in [1.807, 2.05) is 0 Å². The Labute approximate surface area is 317 Å². The predicted molar refractivity (Wildman–Crippen MR) is 206 cm³/mol. The number of rotatable bonds is 36. The van der Waals surface area contributed by atoms with Crippen LogP contribution in [0.5, 0.6) is 0 Å². The first-order valence-corrected chi connectivity index (χ1v) is 21.6. The zero-order valence-electron chi connectivity index (χ0n) is 33.3. The lowest BCUT2D eigenvalue weighted by molar-refractivity contribution is -0.305. The van der Waals surface area contributed by atoms with E-state index in [0.717, 1.165) is 38.5 Å². The van der Waals surface area contributed by atoms with Crippen molar-refractivity contribution >= 4 is 11.9 Å². The maximum Gasteiger partial charge on any atom is 0.306 e. The summed E-state index contributed by atoms with van der Waals surface area (Å²) in [5.41, 5.74) is 0. The first kappa shape index (κ1) is 48.7. The van der Waals surface area contributed by atoms with Crippen molar-refractivity contribution in [3.63, 3.8) is 0 Å². The number of esters is 2. The van der Waals surface area contributed by atoms with E-state index in [0.29, 0.717) is 6.42 Å². The summed E-state index contributed by atoms with van der Waals surface area (Å²) in [7, 11) is 0. The number of carbonyl (C=O) groups excluding carboxylic acids is 2. The van der Waals surface area contributed by atoms with Crippen LogP contribution >= 0.6 is 0 Å². The lowest BCUT2D eigenvalue weighted by Gasteiger charge is -2.39. The predicted octanol–water partition coefficient (Wildman–Crippen LogP) is 8.61. The van der Waals surface area contributed by atoms with Crippen LogP contribution in [0.3, 0.4) is 0 Å². The molecule has 1 saturated heterocycles. The van der Waals surface area contributed by atoms with Gasteiger partial charge in [-0.05, 0) is 12.8 Å². The van der Waals surface area contributed by atoms with Crippen molar-refractivity contribution in [2.75, 3.05) is 19.8 Å². The smallest absolute Gasteiger partial charge is 0.306 e. The molecule has 4 N–H and O–H groups in total. The van der Waals surface area contributed by atoms with Crippen molar-refractivity contribution in [2.24, 2.45) is 0 Å². The number of ether oxygens (including phenoxy) is 4. The Bertz CT molecular complexity index is 825. The van der Waals surface area contributed by atoms with Gasteiger partial charge in [0.25, 0.3) is 0 Å². The van der Waals surface area contributed by atoms with Crippen LogP contribution in [0.2, 0.25) is 0 Å². The summed E-state index contributed by atoms with van der Waals surface area (Å²) in [5, 5.41) is 40.0. The molecule has 10 nitrogen and oxygen atoms in total. The molecule has 1 aliphatic heterocycles. The number of hydrogen-bond acceptors (Lipinski definition) is 10. The van der Waals surface area contributed by atoms with Crippen LogP contribution in [0.15, 0.2) is 0 Å². The molecule has 0 saturated carbocycles. The molecule has 1 aliphatic rings. The third-order valence-corrected chi connectivity index (χ3v) is 10.2. The van der Waals surface area contributed by atoms with Gasteiger partial charge in [-0.2, -0.15) is 0 Å². The summed E-state index contributed by atoms with van der Waals surface area (Å²) < 4.78 is 22.1. The van der Waals surface area contributed by atoms with E-state index in [1.54, 1.807) is 0 Å². The van der Waals surface area contributed by atoms with Crippen molar-refractivity contribution in [2.45, 2.75) is 237 Å². The minimum atomic E-state index is -1.59. The molecular formula is C42H80O10. The van der Waals surface area contributed by atoms with E-state index in [4.69, 9.17) is 18.9 Å². The van der Waals surface area contributed by atoms with Gasteiger partial charge < -0.3 is 39.4 Å². The fraction of sp³-hybridized carbons (Fsp3) is 0.952. The van der Waals surface area contributed by atoms with Gasteiger partial charge in [-0.25, -0.2) is 0 Å². The number of unbranched alkanes of at least 4 members (excludes halogenated alkanes) is 25. The molecule has 10 heteroatoms. The normalized spacial score (nSPS) is 20.9. The van der Waals surface area contributed by atoms with Crippen LogP contribution in [0.4, 0.5) is 0 Å². The van der Waals surface area contributed by atoms with Gasteiger partial charge in [-0.15, -0.1) is 0 Å². The second kappa shape index (κ2) is 34.2. The summed E-state index contributed by atoms with van der Waals surface area (Å²) >= 11 is 0. The lowest BCUT2D eigenvalue weighted by atomic mass is 9.99. The number of carbonyl (C=O) groups is 2. The summed E-state index contributed by atoms with van der Waals surface area (Å²) in [4.78, 5) is 25.2. The molecule has 0 bridgehead atoms. The van der Waals surface area contributed by atoms with E-state index in [2.05, 4.69) is 13.8 Å². The number of hydrogen-bond donors (Lipinski definition) is 4. The van der Waals surface area contributed by atoms with E-state index >= 15 is 0 Å². The maximum absolute atomic E-state index is 12.7. The highest BCUT2D eigenvalue weighted by Gasteiger charge is 2.44. The third-order valence-electron chi connectivity index (χ3n) is 10.2. The van der Waals surface area contributed by atoms with Gasteiger partial charge in [0.2, 0.25) is 0 Å². The van der Waals surface area contributed by atoms with Gasteiger partial charge in [0.05, 0.1) is 13.2 Å². The van der Waals surface area contributed by atoms with E-state index < -0.39 is 49.4 Å². The first-order valence-electron chi connectivity index (χ1n) is 21.6. The standard InChI is InChI=1S/C42H80O10/c1-3-5-7-9-11-13-14-15-16-17-18-19-20-21-23-25-27-29-31-38(45)51-35(34-50-42-41(48)40(47)39(46)36(32-43)52-42)33-49-37(44)30-28-26-24-22-12-10-8-6-4-2/h35-36,39-43,46-48H,3-34H2,1-2H3. The Morgan fingerprint density at radius 3 is 1.31 bits per heavy atom. The Balaban J connectivity index is 2.29. The second-order valence-corrected chi connectivity index (χ2v) is 15.2. The van der Waals surface area contributed by atoms with Crippen molar-refractivity contribution < 1.29 is 49.0 Å². The van der Waals surface area contributed by atoms with E-state index in [-0.39, 0.29) is 32.0 Å². The van der Waals surface area contributed by atoms with Crippen LogP contribution in [0.1, 0.15) is 200 Å². The molecule has 1 rings (SSSR count). The zero-order chi connectivity index (χ0) is 38.1. The Kier molecular flexibility index (Phi) is 32.1. The number of aliphatic hydroxyl groups excluding tert-OH is 4. The SMILES string of the molecule is CCCCCCCCCCCCCCCCCCCCC(=O)OC(COC(=O)CCCCCCCCCCC)COC1OC(CO)C(O)C(O)C1O. The second-order valence-electron chi connectivity index (χ2n) is 15.2. The molecule has 0 spiro atoms. The molecule has 6 unspecified atom stereocenters. The lowest BCUT2D eigenvalue weighted by Crippen LogP contribution is -2.59. The fourth-order valence-electron chi connectivity index (χ4n) is 6.78. The van der Waals surface area contributed by atoms with Crippen molar-refractivity contribution in [3.05, 3.63) is 0 Å². The molecule has 0 aromatic rings. The minimum absolute atomic E-state index is 0.210. The highest BCUT2D eigenvalue weighted by Crippen LogP contribution is 2.23. The van der Waals surface area contributed by atoms with Crippen LogP contribution in [0.25, 0.3) is 0 Å². The van der Waals surface area contributed by atoms with Crippen LogP contribution < -0.4 is 0 Å². The van der Waals surface area contributed by atoms with Crippen molar-refractivity contribution in [1.82, 2.24) is 0 Å². The molecule has 1 heterocycles. The molecule has 52 heavy (non-hydrogen) atoms. The molecule has 0 radical (unpaired) electrons. The Morgan fingerprint density at radius 2 is 0.904 bits per heavy atom. The average molecular weight is 745 g/mol. The highest BCUT2D eigenvalue weighted by molar-refractivity contribution is 5.70. The minimum Gasteiger partial charge on any atom is -0.462 e. The topological polar surface area (TPSA) is 152 Å².